The van der Waals surface area contributed by atoms with E-state index in [1.807, 2.05) is 57.2 Å². The van der Waals surface area contributed by atoms with Crippen LogP contribution in [0.2, 0.25) is 0 Å². The Hall–Kier alpha value is -2.05. The van der Waals surface area contributed by atoms with Gasteiger partial charge in [-0.3, -0.25) is 0 Å². The average molecular weight is 375 g/mol. The van der Waals surface area contributed by atoms with Gasteiger partial charge in [0, 0.05) is 26.2 Å². The van der Waals surface area contributed by atoms with E-state index in [0.29, 0.717) is 37.7 Å². The zero-order valence-corrected chi connectivity index (χ0v) is 16.4. The van der Waals surface area contributed by atoms with Crippen LogP contribution in [-0.4, -0.2) is 45.5 Å². The van der Waals surface area contributed by atoms with Gasteiger partial charge in [0.25, 0.3) is 0 Å². The molecule has 0 bridgehead atoms. The van der Waals surface area contributed by atoms with Gasteiger partial charge in [0.1, 0.15) is 5.75 Å². The maximum atomic E-state index is 13.0. The molecule has 2 aromatic rings. The molecule has 0 saturated carbocycles. The number of rotatable bonds is 5. The molecule has 1 fully saturated rings. The van der Waals surface area contributed by atoms with Crippen molar-refractivity contribution in [2.24, 2.45) is 0 Å². The van der Waals surface area contributed by atoms with Gasteiger partial charge in [-0.15, -0.1) is 0 Å². The van der Waals surface area contributed by atoms with Crippen LogP contribution in [0.1, 0.15) is 18.1 Å². The van der Waals surface area contributed by atoms with Crippen molar-refractivity contribution in [2.45, 2.75) is 25.7 Å². The van der Waals surface area contributed by atoms with Crippen molar-refractivity contribution in [3.05, 3.63) is 53.6 Å². The Labute approximate surface area is 156 Å². The van der Waals surface area contributed by atoms with Crippen molar-refractivity contribution in [3.63, 3.8) is 0 Å². The van der Waals surface area contributed by atoms with E-state index in [9.17, 15) is 8.42 Å². The molecule has 1 aliphatic heterocycles. The molecule has 1 aliphatic rings. The predicted octanol–water partition coefficient (Wildman–Crippen LogP) is 3.21. The lowest BCUT2D eigenvalue weighted by molar-refractivity contribution is 0.337. The van der Waals surface area contributed by atoms with E-state index in [4.69, 9.17) is 4.74 Å². The van der Waals surface area contributed by atoms with Crippen LogP contribution in [0.25, 0.3) is 0 Å². The lowest BCUT2D eigenvalue weighted by Crippen LogP contribution is -2.48. The van der Waals surface area contributed by atoms with Crippen LogP contribution in [0.15, 0.2) is 47.4 Å². The summed E-state index contributed by atoms with van der Waals surface area (Å²) in [5, 5.41) is 0. The van der Waals surface area contributed by atoms with Gasteiger partial charge in [0.2, 0.25) is 10.0 Å². The zero-order valence-electron chi connectivity index (χ0n) is 15.6. The fourth-order valence-corrected chi connectivity index (χ4v) is 5.02. The van der Waals surface area contributed by atoms with Gasteiger partial charge in [-0.2, -0.15) is 4.31 Å². The Kier molecular flexibility index (Phi) is 5.53. The van der Waals surface area contributed by atoms with Crippen molar-refractivity contribution in [1.29, 1.82) is 0 Å². The van der Waals surface area contributed by atoms with Crippen LogP contribution < -0.4 is 9.64 Å². The smallest absolute Gasteiger partial charge is 0.243 e. The number of aryl methyl sites for hydroxylation is 2. The van der Waals surface area contributed by atoms with Gasteiger partial charge >= 0.3 is 0 Å². The summed E-state index contributed by atoms with van der Waals surface area (Å²) in [7, 11) is -3.46. The van der Waals surface area contributed by atoms with E-state index in [1.54, 1.807) is 10.4 Å². The third-order valence-corrected chi connectivity index (χ3v) is 6.75. The fraction of sp³-hybridized carbons (Fsp3) is 0.400. The van der Waals surface area contributed by atoms with Gasteiger partial charge in [-0.25, -0.2) is 8.42 Å². The molecule has 26 heavy (non-hydrogen) atoms. The summed E-state index contributed by atoms with van der Waals surface area (Å²) in [6.45, 7) is 8.63. The van der Waals surface area contributed by atoms with Gasteiger partial charge in [-0.05, 0) is 44.5 Å². The number of anilines is 1. The van der Waals surface area contributed by atoms with Crippen molar-refractivity contribution in [2.75, 3.05) is 37.7 Å². The standard InChI is InChI=1S/C20H26N2O3S/c1-4-25-19-8-6-5-7-18(19)21-11-13-22(14-12-21)26(23,24)20-10-9-16(2)15-17(20)3/h5-10,15H,4,11-14H2,1-3H3. The second kappa shape index (κ2) is 7.68. The number of hydrogen-bond acceptors (Lipinski definition) is 4. The molecule has 0 aromatic heterocycles. The molecule has 0 spiro atoms. The van der Waals surface area contributed by atoms with Crippen LogP contribution in [0.3, 0.4) is 0 Å². The molecule has 1 saturated heterocycles. The van der Waals surface area contributed by atoms with Gasteiger partial charge < -0.3 is 9.64 Å². The van der Waals surface area contributed by atoms with Crippen LogP contribution in [0, 0.1) is 13.8 Å². The normalized spacial score (nSPS) is 15.9. The number of hydrogen-bond donors (Lipinski definition) is 0. The third-order valence-electron chi connectivity index (χ3n) is 4.69. The highest BCUT2D eigenvalue weighted by Gasteiger charge is 2.30. The van der Waals surface area contributed by atoms with Gasteiger partial charge in [0.15, 0.2) is 0 Å². The quantitative estimate of drug-likeness (QED) is 0.806. The second-order valence-corrected chi connectivity index (χ2v) is 8.47. The summed E-state index contributed by atoms with van der Waals surface area (Å²) >= 11 is 0. The molecular formula is C20H26N2O3S. The van der Waals surface area contributed by atoms with E-state index < -0.39 is 10.0 Å². The Morgan fingerprint density at radius 2 is 1.69 bits per heavy atom. The molecular weight excluding hydrogens is 348 g/mol. The number of piperazine rings is 1. The molecule has 2 aromatic carbocycles. The maximum Gasteiger partial charge on any atom is 0.243 e. The number of nitrogens with zero attached hydrogens (tertiary/aromatic N) is 2. The first-order valence-electron chi connectivity index (χ1n) is 8.97. The zero-order chi connectivity index (χ0) is 18.7. The highest BCUT2D eigenvalue weighted by molar-refractivity contribution is 7.89. The predicted molar refractivity (Wildman–Crippen MR) is 104 cm³/mol. The molecule has 0 radical (unpaired) electrons. The highest BCUT2D eigenvalue weighted by atomic mass is 32.2. The molecule has 6 heteroatoms. The van der Waals surface area contributed by atoms with Crippen molar-refractivity contribution >= 4 is 15.7 Å². The minimum absolute atomic E-state index is 0.409. The molecule has 0 amide bonds. The molecule has 3 rings (SSSR count). The Morgan fingerprint density at radius 1 is 1.00 bits per heavy atom. The summed E-state index contributed by atoms with van der Waals surface area (Å²) in [5.41, 5.74) is 2.89. The maximum absolute atomic E-state index is 13.0. The average Bonchev–Trinajstić information content (AvgIpc) is 2.62. The van der Waals surface area contributed by atoms with Crippen molar-refractivity contribution < 1.29 is 13.2 Å². The number of ether oxygens (including phenoxy) is 1. The summed E-state index contributed by atoms with van der Waals surface area (Å²) in [5.74, 6) is 0.848. The van der Waals surface area contributed by atoms with E-state index in [1.165, 1.54) is 0 Å². The summed E-state index contributed by atoms with van der Waals surface area (Å²) < 4.78 is 33.3. The van der Waals surface area contributed by atoms with Crippen molar-refractivity contribution in [1.82, 2.24) is 4.31 Å². The topological polar surface area (TPSA) is 49.9 Å². The molecule has 140 valence electrons. The first kappa shape index (κ1) is 18.7. The largest absolute Gasteiger partial charge is 0.492 e. The molecule has 0 aliphatic carbocycles. The summed E-state index contributed by atoms with van der Waals surface area (Å²) in [6, 6.07) is 13.4. The van der Waals surface area contributed by atoms with Crippen LogP contribution in [0.5, 0.6) is 5.75 Å². The highest BCUT2D eigenvalue weighted by Crippen LogP contribution is 2.30. The molecule has 0 N–H and O–H groups in total. The van der Waals surface area contributed by atoms with E-state index in [2.05, 4.69) is 4.90 Å². The lowest BCUT2D eigenvalue weighted by atomic mass is 10.2. The number of sulfonamides is 1. The summed E-state index contributed by atoms with van der Waals surface area (Å²) in [4.78, 5) is 2.60. The minimum Gasteiger partial charge on any atom is -0.492 e. The minimum atomic E-state index is -3.46. The Bertz CT molecular complexity index is 872. The molecule has 0 atom stereocenters. The van der Waals surface area contributed by atoms with Crippen LogP contribution in [-0.2, 0) is 10.0 Å². The van der Waals surface area contributed by atoms with E-state index >= 15 is 0 Å². The summed E-state index contributed by atoms with van der Waals surface area (Å²) in [6.07, 6.45) is 0. The first-order chi connectivity index (χ1) is 12.4. The van der Waals surface area contributed by atoms with Crippen molar-refractivity contribution in [3.8, 4) is 5.75 Å². The fourth-order valence-electron chi connectivity index (χ4n) is 3.39. The van der Waals surface area contributed by atoms with Crippen LogP contribution >= 0.6 is 0 Å². The monoisotopic (exact) mass is 374 g/mol. The lowest BCUT2D eigenvalue weighted by Gasteiger charge is -2.36. The van der Waals surface area contributed by atoms with E-state index in [-0.39, 0.29) is 0 Å². The van der Waals surface area contributed by atoms with Gasteiger partial charge in [0.05, 0.1) is 17.2 Å². The Morgan fingerprint density at radius 3 is 2.35 bits per heavy atom. The molecule has 5 nitrogen and oxygen atoms in total. The van der Waals surface area contributed by atoms with E-state index in [0.717, 1.165) is 22.6 Å². The Balaban J connectivity index is 1.76. The number of benzene rings is 2. The van der Waals surface area contributed by atoms with Gasteiger partial charge in [-0.1, -0.05) is 29.8 Å². The SMILES string of the molecule is CCOc1ccccc1N1CCN(S(=O)(=O)c2ccc(C)cc2C)CC1. The number of para-hydroxylation sites is 2. The first-order valence-corrected chi connectivity index (χ1v) is 10.4. The third kappa shape index (κ3) is 3.71. The molecule has 0 unspecified atom stereocenters. The molecule has 1 heterocycles. The second-order valence-electron chi connectivity index (χ2n) is 6.56. The van der Waals surface area contributed by atoms with Crippen LogP contribution in [0.4, 0.5) is 5.69 Å².